The molecule has 0 spiro atoms. The van der Waals surface area contributed by atoms with Crippen molar-refractivity contribution < 1.29 is 18.8 Å². The largest absolute Gasteiger partial charge is 0.508 e. The number of phenols is 1. The van der Waals surface area contributed by atoms with Gasteiger partial charge in [-0.25, -0.2) is 8.78 Å². The van der Waals surface area contributed by atoms with Gasteiger partial charge in [-0.1, -0.05) is 0 Å². The summed E-state index contributed by atoms with van der Waals surface area (Å²) in [5.41, 5.74) is 5.06. The number of hydrogen-bond acceptors (Lipinski definition) is 4. The fraction of sp³-hybridized carbons (Fsp3) is 0.333. The van der Waals surface area contributed by atoms with Gasteiger partial charge in [-0.3, -0.25) is 10.1 Å². The smallest absolute Gasteiger partial charge is 0.270 e. The molecule has 0 unspecified atom stereocenters. The summed E-state index contributed by atoms with van der Waals surface area (Å²) >= 11 is 0. The molecular weight excluding hydrogens is 222 g/mol. The van der Waals surface area contributed by atoms with Gasteiger partial charge in [-0.2, -0.15) is 0 Å². The molecule has 5 nitrogen and oxygen atoms in total. The predicted molar refractivity (Wildman–Crippen MR) is 52.3 cm³/mol. The third-order valence-corrected chi connectivity index (χ3v) is 2.05. The van der Waals surface area contributed by atoms with E-state index in [9.17, 15) is 24.0 Å². The number of phenolic OH excluding ortho intramolecular Hbond substituents is 1. The lowest BCUT2D eigenvalue weighted by Crippen LogP contribution is -2.14. The molecule has 16 heavy (non-hydrogen) atoms. The van der Waals surface area contributed by atoms with E-state index in [0.717, 1.165) is 18.2 Å². The average molecular weight is 232 g/mol. The minimum atomic E-state index is -2.63. The van der Waals surface area contributed by atoms with Crippen LogP contribution in [0.25, 0.3) is 0 Å². The Kier molecular flexibility index (Phi) is 3.73. The zero-order valence-electron chi connectivity index (χ0n) is 8.14. The van der Waals surface area contributed by atoms with E-state index in [1.54, 1.807) is 0 Å². The van der Waals surface area contributed by atoms with Crippen molar-refractivity contribution in [2.75, 3.05) is 0 Å². The van der Waals surface area contributed by atoms with Crippen LogP contribution in [0.2, 0.25) is 0 Å². The molecule has 0 aromatic heterocycles. The minimum Gasteiger partial charge on any atom is -0.508 e. The van der Waals surface area contributed by atoms with Crippen LogP contribution < -0.4 is 5.73 Å². The first-order valence-corrected chi connectivity index (χ1v) is 4.43. The maximum absolute atomic E-state index is 12.1. The molecule has 3 N–H and O–H groups in total. The summed E-state index contributed by atoms with van der Waals surface area (Å²) in [6.45, 7) is 0. The van der Waals surface area contributed by atoms with Crippen molar-refractivity contribution in [1.82, 2.24) is 0 Å². The summed E-state index contributed by atoms with van der Waals surface area (Å²) in [5.74, 6) is -0.321. The van der Waals surface area contributed by atoms with Gasteiger partial charge in [-0.05, 0) is 6.07 Å². The molecule has 0 saturated carbocycles. The highest BCUT2D eigenvalue weighted by molar-refractivity contribution is 5.44. The lowest BCUT2D eigenvalue weighted by Gasteiger charge is -2.12. The van der Waals surface area contributed by atoms with Crippen LogP contribution in [0, 0.1) is 10.1 Å². The zero-order valence-corrected chi connectivity index (χ0v) is 8.14. The topological polar surface area (TPSA) is 89.4 Å². The fourth-order valence-electron chi connectivity index (χ4n) is 1.27. The Bertz CT molecular complexity index is 398. The SMILES string of the molecule is N[C@@H](CC(F)F)c1cc([N+](=O)[O-])ccc1O. The molecule has 0 bridgehead atoms. The van der Waals surface area contributed by atoms with Crippen LogP contribution in [0.4, 0.5) is 14.5 Å². The van der Waals surface area contributed by atoms with Crippen LogP contribution in [0.1, 0.15) is 18.0 Å². The van der Waals surface area contributed by atoms with Crippen molar-refractivity contribution in [2.45, 2.75) is 18.9 Å². The third-order valence-electron chi connectivity index (χ3n) is 2.05. The van der Waals surface area contributed by atoms with E-state index in [2.05, 4.69) is 0 Å². The van der Waals surface area contributed by atoms with Crippen LogP contribution in [0.3, 0.4) is 0 Å². The van der Waals surface area contributed by atoms with Crippen LogP contribution in [-0.2, 0) is 0 Å². The van der Waals surface area contributed by atoms with Gasteiger partial charge in [0.05, 0.1) is 4.92 Å². The molecule has 88 valence electrons. The highest BCUT2D eigenvalue weighted by Gasteiger charge is 2.19. The monoisotopic (exact) mass is 232 g/mol. The second kappa shape index (κ2) is 4.84. The highest BCUT2D eigenvalue weighted by Crippen LogP contribution is 2.29. The number of benzene rings is 1. The summed E-state index contributed by atoms with van der Waals surface area (Å²) in [4.78, 5) is 9.76. The number of non-ortho nitro benzene ring substituents is 1. The molecule has 0 aliphatic heterocycles. The van der Waals surface area contributed by atoms with Gasteiger partial charge < -0.3 is 10.8 Å². The van der Waals surface area contributed by atoms with Gasteiger partial charge >= 0.3 is 0 Å². The maximum Gasteiger partial charge on any atom is 0.270 e. The fourth-order valence-corrected chi connectivity index (χ4v) is 1.27. The Morgan fingerprint density at radius 2 is 2.12 bits per heavy atom. The number of rotatable bonds is 4. The molecule has 0 radical (unpaired) electrons. The average Bonchev–Trinajstić information content (AvgIpc) is 2.16. The van der Waals surface area contributed by atoms with Gasteiger partial charge in [-0.15, -0.1) is 0 Å². The molecule has 1 atom stereocenters. The van der Waals surface area contributed by atoms with E-state index >= 15 is 0 Å². The normalized spacial score (nSPS) is 12.8. The Hall–Kier alpha value is -1.76. The number of halogens is 2. The second-order valence-corrected chi connectivity index (χ2v) is 3.23. The molecule has 0 heterocycles. The van der Waals surface area contributed by atoms with Crippen molar-refractivity contribution in [3.05, 3.63) is 33.9 Å². The first-order chi connectivity index (χ1) is 7.41. The van der Waals surface area contributed by atoms with Gasteiger partial charge in [0, 0.05) is 30.2 Å². The molecule has 0 saturated heterocycles. The van der Waals surface area contributed by atoms with Crippen molar-refractivity contribution >= 4 is 5.69 Å². The molecule has 0 fully saturated rings. The van der Waals surface area contributed by atoms with E-state index in [1.807, 2.05) is 0 Å². The molecule has 1 rings (SSSR count). The van der Waals surface area contributed by atoms with E-state index in [1.165, 1.54) is 0 Å². The Labute approximate surface area is 89.6 Å². The number of hydrogen-bond donors (Lipinski definition) is 2. The molecule has 0 aliphatic carbocycles. The Morgan fingerprint density at radius 1 is 1.50 bits per heavy atom. The number of nitro benzene ring substituents is 1. The van der Waals surface area contributed by atoms with E-state index in [0.29, 0.717) is 0 Å². The highest BCUT2D eigenvalue weighted by atomic mass is 19.3. The number of nitro groups is 1. The number of nitrogens with zero attached hydrogens (tertiary/aromatic N) is 1. The van der Waals surface area contributed by atoms with E-state index < -0.39 is 23.8 Å². The lowest BCUT2D eigenvalue weighted by molar-refractivity contribution is -0.385. The number of nitrogens with two attached hydrogens (primary N) is 1. The van der Waals surface area contributed by atoms with Crippen LogP contribution >= 0.6 is 0 Å². The zero-order chi connectivity index (χ0) is 12.3. The molecule has 1 aromatic carbocycles. The minimum absolute atomic E-state index is 0.0468. The second-order valence-electron chi connectivity index (χ2n) is 3.23. The first kappa shape index (κ1) is 12.3. The Balaban J connectivity index is 3.02. The van der Waals surface area contributed by atoms with Crippen molar-refractivity contribution in [3.8, 4) is 5.75 Å². The van der Waals surface area contributed by atoms with Gasteiger partial charge in [0.25, 0.3) is 5.69 Å². The van der Waals surface area contributed by atoms with Crippen LogP contribution in [0.15, 0.2) is 18.2 Å². The standard InChI is InChI=1S/C9H10F2N2O3/c10-9(11)4-7(12)6-3-5(13(15)16)1-2-8(6)14/h1-3,7,9,14H,4,12H2/t7-/m0/s1. The number of aromatic hydroxyl groups is 1. The van der Waals surface area contributed by atoms with Gasteiger partial charge in [0.1, 0.15) is 5.75 Å². The lowest BCUT2D eigenvalue weighted by atomic mass is 10.0. The summed E-state index contributed by atoms with van der Waals surface area (Å²) in [6, 6.07) is 2.02. The number of alkyl halides is 2. The van der Waals surface area contributed by atoms with Crippen molar-refractivity contribution in [2.24, 2.45) is 5.73 Å². The van der Waals surface area contributed by atoms with Crippen molar-refractivity contribution in [1.29, 1.82) is 0 Å². The summed E-state index contributed by atoms with van der Waals surface area (Å²) in [6.07, 6.45) is -3.29. The summed E-state index contributed by atoms with van der Waals surface area (Å²) < 4.78 is 24.1. The van der Waals surface area contributed by atoms with Crippen molar-refractivity contribution in [3.63, 3.8) is 0 Å². The molecule has 1 aromatic rings. The van der Waals surface area contributed by atoms with Crippen LogP contribution in [0.5, 0.6) is 5.75 Å². The molecule has 0 aliphatic rings. The summed E-state index contributed by atoms with van der Waals surface area (Å²) in [7, 11) is 0. The van der Waals surface area contributed by atoms with Gasteiger partial charge in [0.15, 0.2) is 0 Å². The molecular formula is C9H10F2N2O3. The third kappa shape index (κ3) is 2.86. The van der Waals surface area contributed by atoms with Crippen LogP contribution in [-0.4, -0.2) is 16.5 Å². The van der Waals surface area contributed by atoms with Gasteiger partial charge in [0.2, 0.25) is 6.43 Å². The molecule has 0 amide bonds. The summed E-state index contributed by atoms with van der Waals surface area (Å²) in [5, 5.41) is 19.8. The molecule has 7 heteroatoms. The quantitative estimate of drug-likeness (QED) is 0.613. The van der Waals surface area contributed by atoms with E-state index in [-0.39, 0.29) is 17.0 Å². The Morgan fingerprint density at radius 3 is 2.62 bits per heavy atom. The predicted octanol–water partition coefficient (Wildman–Crippen LogP) is 1.96. The first-order valence-electron chi connectivity index (χ1n) is 4.43. The maximum atomic E-state index is 12.1. The van der Waals surface area contributed by atoms with E-state index in [4.69, 9.17) is 5.73 Å².